The molecule has 1 aliphatic rings. The van der Waals surface area contributed by atoms with Gasteiger partial charge in [0.05, 0.1) is 5.38 Å². The van der Waals surface area contributed by atoms with Crippen LogP contribution in [-0.4, -0.2) is 13.2 Å². The highest BCUT2D eigenvalue weighted by Crippen LogP contribution is 2.37. The van der Waals surface area contributed by atoms with Gasteiger partial charge in [0.1, 0.15) is 0 Å². The maximum atomic E-state index is 6.61. The summed E-state index contributed by atoms with van der Waals surface area (Å²) in [6, 6.07) is 6.54. The Bertz CT molecular complexity index is 356. The molecule has 0 bridgehead atoms. The highest BCUT2D eigenvalue weighted by molar-refractivity contribution is 6.21. The summed E-state index contributed by atoms with van der Waals surface area (Å²) in [4.78, 5) is 0. The summed E-state index contributed by atoms with van der Waals surface area (Å²) in [6.45, 7) is 5.98. The second-order valence-electron chi connectivity index (χ2n) is 4.71. The van der Waals surface area contributed by atoms with Gasteiger partial charge in [-0.1, -0.05) is 23.8 Å². The molecule has 0 aliphatic carbocycles. The van der Waals surface area contributed by atoms with Crippen LogP contribution in [0.25, 0.3) is 0 Å². The SMILES string of the molecule is Cc1ccc(C)c(C(Cl)C2CCOCC2)c1. The minimum Gasteiger partial charge on any atom is -0.381 e. The van der Waals surface area contributed by atoms with Crippen molar-refractivity contribution in [3.05, 3.63) is 34.9 Å². The first-order valence-corrected chi connectivity index (χ1v) is 6.41. The van der Waals surface area contributed by atoms with E-state index >= 15 is 0 Å². The maximum absolute atomic E-state index is 6.61. The molecule has 0 saturated carbocycles. The van der Waals surface area contributed by atoms with Crippen molar-refractivity contribution in [3.63, 3.8) is 0 Å². The van der Waals surface area contributed by atoms with Crippen LogP contribution in [0, 0.1) is 19.8 Å². The van der Waals surface area contributed by atoms with Crippen molar-refractivity contribution in [1.82, 2.24) is 0 Å². The Balaban J connectivity index is 2.18. The van der Waals surface area contributed by atoms with Crippen LogP contribution in [0.15, 0.2) is 18.2 Å². The predicted molar refractivity (Wildman–Crippen MR) is 68.1 cm³/mol. The monoisotopic (exact) mass is 238 g/mol. The van der Waals surface area contributed by atoms with Gasteiger partial charge < -0.3 is 4.74 Å². The summed E-state index contributed by atoms with van der Waals surface area (Å²) in [5, 5.41) is 0.142. The number of rotatable bonds is 2. The minimum atomic E-state index is 0.142. The summed E-state index contributed by atoms with van der Waals surface area (Å²) < 4.78 is 5.38. The van der Waals surface area contributed by atoms with E-state index in [9.17, 15) is 0 Å². The van der Waals surface area contributed by atoms with Crippen molar-refractivity contribution in [2.24, 2.45) is 5.92 Å². The lowest BCUT2D eigenvalue weighted by Gasteiger charge is -2.27. The molecule has 1 unspecified atom stereocenters. The third-order valence-electron chi connectivity index (χ3n) is 3.41. The van der Waals surface area contributed by atoms with Gasteiger partial charge in [0.15, 0.2) is 0 Å². The Kier molecular flexibility index (Phi) is 3.88. The fourth-order valence-corrected chi connectivity index (χ4v) is 2.81. The van der Waals surface area contributed by atoms with Gasteiger partial charge in [-0.2, -0.15) is 0 Å². The first-order chi connectivity index (χ1) is 7.68. The normalized spacial score (nSPS) is 19.7. The van der Waals surface area contributed by atoms with Gasteiger partial charge in [0.2, 0.25) is 0 Å². The molecule has 0 aromatic heterocycles. The van der Waals surface area contributed by atoms with Gasteiger partial charge in [0.25, 0.3) is 0 Å². The average molecular weight is 239 g/mol. The molecule has 1 aromatic rings. The first-order valence-electron chi connectivity index (χ1n) is 5.97. The Morgan fingerprint density at radius 3 is 2.62 bits per heavy atom. The largest absolute Gasteiger partial charge is 0.381 e. The zero-order valence-electron chi connectivity index (χ0n) is 10.0. The fourth-order valence-electron chi connectivity index (χ4n) is 2.32. The molecule has 0 spiro atoms. The van der Waals surface area contributed by atoms with Gasteiger partial charge in [-0.15, -0.1) is 11.6 Å². The molecule has 1 saturated heterocycles. The number of hydrogen-bond donors (Lipinski definition) is 0. The van der Waals surface area contributed by atoms with E-state index in [1.807, 2.05) is 0 Å². The van der Waals surface area contributed by atoms with Crippen molar-refractivity contribution < 1.29 is 4.74 Å². The lowest BCUT2D eigenvalue weighted by atomic mass is 9.89. The molecular formula is C14H19ClO. The molecule has 0 N–H and O–H groups in total. The molecule has 16 heavy (non-hydrogen) atoms. The quantitative estimate of drug-likeness (QED) is 0.708. The third-order valence-corrected chi connectivity index (χ3v) is 4.00. The molecule has 1 atom stereocenters. The Labute approximate surface area is 103 Å². The molecule has 1 fully saturated rings. The van der Waals surface area contributed by atoms with E-state index < -0.39 is 0 Å². The summed E-state index contributed by atoms with van der Waals surface area (Å²) in [7, 11) is 0. The molecule has 2 rings (SSSR count). The molecule has 0 amide bonds. The molecule has 1 aromatic carbocycles. The molecular weight excluding hydrogens is 220 g/mol. The van der Waals surface area contributed by atoms with Crippen LogP contribution in [0.5, 0.6) is 0 Å². The van der Waals surface area contributed by atoms with E-state index in [1.54, 1.807) is 0 Å². The highest BCUT2D eigenvalue weighted by atomic mass is 35.5. The van der Waals surface area contributed by atoms with Crippen LogP contribution in [0.2, 0.25) is 0 Å². The van der Waals surface area contributed by atoms with Gasteiger partial charge >= 0.3 is 0 Å². The molecule has 1 aliphatic heterocycles. The van der Waals surface area contributed by atoms with Crippen LogP contribution < -0.4 is 0 Å². The molecule has 1 heterocycles. The summed E-state index contributed by atoms with van der Waals surface area (Å²) in [5.74, 6) is 0.566. The topological polar surface area (TPSA) is 9.23 Å². The molecule has 88 valence electrons. The number of alkyl halides is 1. The smallest absolute Gasteiger partial charge is 0.0617 e. The van der Waals surface area contributed by atoms with Gasteiger partial charge in [0, 0.05) is 13.2 Å². The number of halogens is 1. The van der Waals surface area contributed by atoms with E-state index in [1.165, 1.54) is 16.7 Å². The zero-order chi connectivity index (χ0) is 11.5. The predicted octanol–water partition coefficient (Wildman–Crippen LogP) is 4.01. The molecule has 2 heteroatoms. The maximum Gasteiger partial charge on any atom is 0.0617 e. The zero-order valence-corrected chi connectivity index (χ0v) is 10.8. The van der Waals surface area contributed by atoms with Crippen molar-refractivity contribution >= 4 is 11.6 Å². The Morgan fingerprint density at radius 1 is 1.25 bits per heavy atom. The van der Waals surface area contributed by atoms with Gasteiger partial charge in [-0.3, -0.25) is 0 Å². The average Bonchev–Trinajstić information content (AvgIpc) is 2.32. The van der Waals surface area contributed by atoms with Crippen LogP contribution >= 0.6 is 11.6 Å². The lowest BCUT2D eigenvalue weighted by molar-refractivity contribution is 0.0650. The number of benzene rings is 1. The van der Waals surface area contributed by atoms with E-state index in [0.717, 1.165) is 26.1 Å². The van der Waals surface area contributed by atoms with Crippen LogP contribution in [0.1, 0.15) is 34.9 Å². The second kappa shape index (κ2) is 5.20. The van der Waals surface area contributed by atoms with Crippen molar-refractivity contribution in [2.45, 2.75) is 32.1 Å². The molecule has 1 nitrogen and oxygen atoms in total. The second-order valence-corrected chi connectivity index (χ2v) is 5.18. The molecule has 0 radical (unpaired) electrons. The van der Waals surface area contributed by atoms with E-state index in [2.05, 4.69) is 32.0 Å². The van der Waals surface area contributed by atoms with E-state index in [4.69, 9.17) is 16.3 Å². The van der Waals surface area contributed by atoms with E-state index in [0.29, 0.717) is 5.92 Å². The van der Waals surface area contributed by atoms with Crippen molar-refractivity contribution in [3.8, 4) is 0 Å². The Hall–Kier alpha value is -0.530. The van der Waals surface area contributed by atoms with Gasteiger partial charge in [-0.25, -0.2) is 0 Å². The summed E-state index contributed by atoms with van der Waals surface area (Å²) >= 11 is 6.61. The Morgan fingerprint density at radius 2 is 1.94 bits per heavy atom. The van der Waals surface area contributed by atoms with Gasteiger partial charge in [-0.05, 0) is 43.7 Å². The number of hydrogen-bond acceptors (Lipinski definition) is 1. The van der Waals surface area contributed by atoms with Crippen LogP contribution in [0.4, 0.5) is 0 Å². The lowest BCUT2D eigenvalue weighted by Crippen LogP contribution is -2.20. The highest BCUT2D eigenvalue weighted by Gasteiger charge is 2.24. The minimum absolute atomic E-state index is 0.142. The van der Waals surface area contributed by atoms with Crippen molar-refractivity contribution in [2.75, 3.05) is 13.2 Å². The van der Waals surface area contributed by atoms with Crippen LogP contribution in [0.3, 0.4) is 0 Å². The number of aryl methyl sites for hydroxylation is 2. The van der Waals surface area contributed by atoms with Crippen molar-refractivity contribution in [1.29, 1.82) is 0 Å². The summed E-state index contributed by atoms with van der Waals surface area (Å²) in [6.07, 6.45) is 2.17. The standard InChI is InChI=1S/C14H19ClO/c1-10-3-4-11(2)13(9-10)14(15)12-5-7-16-8-6-12/h3-4,9,12,14H,5-8H2,1-2H3. The first kappa shape index (κ1) is 11.9. The third kappa shape index (κ3) is 2.58. The van der Waals surface area contributed by atoms with E-state index in [-0.39, 0.29) is 5.38 Å². The van der Waals surface area contributed by atoms with Crippen LogP contribution in [-0.2, 0) is 4.74 Å². The fraction of sp³-hybridized carbons (Fsp3) is 0.571. The summed E-state index contributed by atoms with van der Waals surface area (Å²) in [5.41, 5.74) is 3.89. The number of ether oxygens (including phenoxy) is 1.